The number of carbonyl (C=O) groups is 3. The van der Waals surface area contributed by atoms with Gasteiger partial charge in [0.15, 0.2) is 0 Å². The molecule has 2 unspecified atom stereocenters. The summed E-state index contributed by atoms with van der Waals surface area (Å²) in [5.74, 6) is 0.0753. The van der Waals surface area contributed by atoms with Gasteiger partial charge in [-0.25, -0.2) is 0 Å². The predicted octanol–water partition coefficient (Wildman–Crippen LogP) is 2.54. The molecular formula is C27H38N4O3. The maximum absolute atomic E-state index is 13.6. The Morgan fingerprint density at radius 2 is 1.38 bits per heavy atom. The molecule has 0 bridgehead atoms. The number of piperazine rings is 1. The second-order valence-electron chi connectivity index (χ2n) is 10.4. The molecule has 184 valence electrons. The van der Waals surface area contributed by atoms with E-state index in [4.69, 9.17) is 0 Å². The Morgan fingerprint density at radius 3 is 2.12 bits per heavy atom. The highest BCUT2D eigenvalue weighted by atomic mass is 16.2. The minimum atomic E-state index is -0.217. The van der Waals surface area contributed by atoms with Gasteiger partial charge in [-0.3, -0.25) is 19.3 Å². The number of rotatable bonds is 4. The van der Waals surface area contributed by atoms with Crippen LogP contribution in [0.25, 0.3) is 0 Å². The third-order valence-electron chi connectivity index (χ3n) is 8.31. The van der Waals surface area contributed by atoms with Crippen molar-refractivity contribution in [1.29, 1.82) is 0 Å². The van der Waals surface area contributed by atoms with Crippen LogP contribution in [-0.2, 0) is 20.8 Å². The number of likely N-dealkylation sites (tertiary alicyclic amines) is 1. The number of hydrogen-bond acceptors (Lipinski definition) is 4. The maximum Gasteiger partial charge on any atom is 0.236 e. The molecule has 4 aliphatic rings. The lowest BCUT2D eigenvalue weighted by Gasteiger charge is -2.40. The van der Waals surface area contributed by atoms with Crippen LogP contribution in [0.3, 0.4) is 0 Å². The molecule has 2 atom stereocenters. The molecule has 0 aromatic heterocycles. The Morgan fingerprint density at radius 1 is 0.706 bits per heavy atom. The van der Waals surface area contributed by atoms with Crippen molar-refractivity contribution in [2.45, 2.75) is 51.4 Å². The van der Waals surface area contributed by atoms with Gasteiger partial charge < -0.3 is 14.7 Å². The van der Waals surface area contributed by atoms with Crippen LogP contribution in [0.5, 0.6) is 0 Å². The summed E-state index contributed by atoms with van der Waals surface area (Å²) in [6.45, 7) is 5.71. The Kier molecular flexibility index (Phi) is 7.18. The Balaban J connectivity index is 1.17. The van der Waals surface area contributed by atoms with Crippen molar-refractivity contribution in [3.8, 4) is 0 Å². The minimum absolute atomic E-state index is 0.133. The summed E-state index contributed by atoms with van der Waals surface area (Å²) < 4.78 is 0. The van der Waals surface area contributed by atoms with Crippen molar-refractivity contribution in [2.24, 2.45) is 11.8 Å². The van der Waals surface area contributed by atoms with E-state index in [1.165, 1.54) is 12.0 Å². The van der Waals surface area contributed by atoms with Crippen LogP contribution < -0.4 is 4.90 Å². The third-order valence-corrected chi connectivity index (χ3v) is 8.31. The number of anilines is 1. The summed E-state index contributed by atoms with van der Waals surface area (Å²) in [4.78, 5) is 47.8. The van der Waals surface area contributed by atoms with Crippen LogP contribution in [0, 0.1) is 11.8 Å². The normalized spacial score (nSPS) is 25.8. The second-order valence-corrected chi connectivity index (χ2v) is 10.4. The predicted molar refractivity (Wildman–Crippen MR) is 131 cm³/mol. The Labute approximate surface area is 203 Å². The highest BCUT2D eigenvalue weighted by molar-refractivity contribution is 5.99. The van der Waals surface area contributed by atoms with Crippen LogP contribution in [0.2, 0.25) is 0 Å². The maximum atomic E-state index is 13.6. The number of carbonyl (C=O) groups excluding carboxylic acids is 3. The van der Waals surface area contributed by atoms with Gasteiger partial charge in [0.25, 0.3) is 0 Å². The molecule has 34 heavy (non-hydrogen) atoms. The van der Waals surface area contributed by atoms with E-state index in [2.05, 4.69) is 11.0 Å². The van der Waals surface area contributed by atoms with Crippen LogP contribution in [0.4, 0.5) is 5.69 Å². The summed E-state index contributed by atoms with van der Waals surface area (Å²) in [7, 11) is 0. The van der Waals surface area contributed by atoms with Crippen LogP contribution >= 0.6 is 0 Å². The molecule has 0 spiro atoms. The van der Waals surface area contributed by atoms with Gasteiger partial charge in [-0.15, -0.1) is 0 Å². The fraction of sp³-hybridized carbons (Fsp3) is 0.667. The molecule has 1 aromatic carbocycles. The number of hydrogen-bond donors (Lipinski definition) is 0. The fourth-order valence-corrected chi connectivity index (χ4v) is 6.28. The van der Waals surface area contributed by atoms with Gasteiger partial charge in [0.2, 0.25) is 17.7 Å². The third kappa shape index (κ3) is 4.85. The first-order chi connectivity index (χ1) is 16.6. The van der Waals surface area contributed by atoms with Crippen LogP contribution in [0.1, 0.15) is 50.5 Å². The lowest BCUT2D eigenvalue weighted by Crippen LogP contribution is -2.54. The van der Waals surface area contributed by atoms with Gasteiger partial charge in [0, 0.05) is 57.4 Å². The van der Waals surface area contributed by atoms with Gasteiger partial charge in [-0.05, 0) is 50.2 Å². The lowest BCUT2D eigenvalue weighted by molar-refractivity contribution is -0.144. The smallest absolute Gasteiger partial charge is 0.236 e. The highest BCUT2D eigenvalue weighted by Gasteiger charge is 2.41. The molecule has 7 nitrogen and oxygen atoms in total. The van der Waals surface area contributed by atoms with Crippen molar-refractivity contribution in [2.75, 3.05) is 57.3 Å². The molecule has 3 heterocycles. The second kappa shape index (κ2) is 10.5. The van der Waals surface area contributed by atoms with Gasteiger partial charge in [0.1, 0.15) is 0 Å². The number of amides is 3. The van der Waals surface area contributed by atoms with Crippen molar-refractivity contribution >= 4 is 23.4 Å². The van der Waals surface area contributed by atoms with Gasteiger partial charge in [-0.2, -0.15) is 0 Å². The number of fused-ring (bicyclic) bond motifs is 1. The van der Waals surface area contributed by atoms with E-state index in [9.17, 15) is 14.4 Å². The quantitative estimate of drug-likeness (QED) is 0.684. The first-order valence-corrected chi connectivity index (χ1v) is 13.3. The zero-order chi connectivity index (χ0) is 23.5. The highest BCUT2D eigenvalue weighted by Crippen LogP contribution is 2.36. The first-order valence-electron chi connectivity index (χ1n) is 13.3. The van der Waals surface area contributed by atoms with Crippen molar-refractivity contribution in [1.82, 2.24) is 14.7 Å². The first kappa shape index (κ1) is 23.3. The summed E-state index contributed by atoms with van der Waals surface area (Å²) in [5.41, 5.74) is 2.25. The SMILES string of the molecule is O=C(CN1CCN(C(=O)C2CCCCC2C(=O)N2CCc3ccccc32)CC1)N1CCCCC1. The van der Waals surface area contributed by atoms with E-state index in [0.29, 0.717) is 19.6 Å². The topological polar surface area (TPSA) is 64.2 Å². The molecule has 1 saturated carbocycles. The average molecular weight is 467 g/mol. The summed E-state index contributed by atoms with van der Waals surface area (Å²) >= 11 is 0. The number of nitrogens with zero attached hydrogens (tertiary/aromatic N) is 4. The van der Waals surface area contributed by atoms with E-state index in [0.717, 1.165) is 83.4 Å². The monoisotopic (exact) mass is 466 g/mol. The molecule has 3 amide bonds. The number of para-hydroxylation sites is 1. The molecule has 3 aliphatic heterocycles. The molecule has 2 saturated heterocycles. The van der Waals surface area contributed by atoms with Crippen molar-refractivity contribution in [3.05, 3.63) is 29.8 Å². The Hall–Kier alpha value is -2.41. The molecular weight excluding hydrogens is 428 g/mol. The van der Waals surface area contributed by atoms with Gasteiger partial charge in [-0.1, -0.05) is 31.0 Å². The standard InChI is InChI=1S/C27H38N4O3/c32-25(29-13-6-1-7-14-29)20-28-16-18-30(19-17-28)26(33)22-9-3-4-10-23(22)27(34)31-15-12-21-8-2-5-11-24(21)31/h2,5,8,11,22-23H,1,3-4,6-7,9-10,12-20H2. The van der Waals surface area contributed by atoms with Gasteiger partial charge >= 0.3 is 0 Å². The fourth-order valence-electron chi connectivity index (χ4n) is 6.28. The zero-order valence-electron chi connectivity index (χ0n) is 20.3. The van der Waals surface area contributed by atoms with E-state index < -0.39 is 0 Å². The molecule has 5 rings (SSSR count). The largest absolute Gasteiger partial charge is 0.342 e. The van der Waals surface area contributed by atoms with E-state index in [1.807, 2.05) is 32.9 Å². The summed E-state index contributed by atoms with van der Waals surface area (Å²) in [5, 5.41) is 0. The summed E-state index contributed by atoms with van der Waals surface area (Å²) in [6, 6.07) is 8.15. The van der Waals surface area contributed by atoms with E-state index >= 15 is 0 Å². The molecule has 1 aliphatic carbocycles. The minimum Gasteiger partial charge on any atom is -0.342 e. The molecule has 0 radical (unpaired) electrons. The van der Waals surface area contributed by atoms with Gasteiger partial charge in [0.05, 0.1) is 12.5 Å². The van der Waals surface area contributed by atoms with Crippen LogP contribution in [0.15, 0.2) is 24.3 Å². The average Bonchev–Trinajstić information content (AvgIpc) is 3.33. The van der Waals surface area contributed by atoms with Crippen LogP contribution in [-0.4, -0.2) is 84.8 Å². The summed E-state index contributed by atoms with van der Waals surface area (Å²) in [6.07, 6.45) is 7.97. The van der Waals surface area contributed by atoms with Crippen molar-refractivity contribution in [3.63, 3.8) is 0 Å². The molecule has 7 heteroatoms. The number of benzene rings is 1. The number of piperidine rings is 1. The van der Waals surface area contributed by atoms with E-state index in [-0.39, 0.29) is 29.6 Å². The lowest BCUT2D eigenvalue weighted by atomic mass is 9.77. The van der Waals surface area contributed by atoms with E-state index in [1.54, 1.807) is 0 Å². The molecule has 1 aromatic rings. The molecule has 3 fully saturated rings. The zero-order valence-corrected chi connectivity index (χ0v) is 20.3. The Bertz CT molecular complexity index is 905. The molecule has 0 N–H and O–H groups in total. The van der Waals surface area contributed by atoms with Crippen molar-refractivity contribution < 1.29 is 14.4 Å².